The fourth-order valence-electron chi connectivity index (χ4n) is 1.23. The Hall–Kier alpha value is -2.11. The van der Waals surface area contributed by atoms with E-state index in [1.165, 1.54) is 13.2 Å². The van der Waals surface area contributed by atoms with E-state index >= 15 is 0 Å². The standard InChI is InChI=1S/C11H12FNO4/c1-17-10(14)2-3-13-9-5-7(11(15)16)4-8(12)6-9/h4-6,13H,2-3H2,1H3,(H,15,16). The summed E-state index contributed by atoms with van der Waals surface area (Å²) in [5.74, 6) is -2.25. The van der Waals surface area contributed by atoms with Crippen molar-refractivity contribution >= 4 is 17.6 Å². The molecule has 0 amide bonds. The molecule has 5 nitrogen and oxygen atoms in total. The van der Waals surface area contributed by atoms with Gasteiger partial charge in [0.25, 0.3) is 0 Å². The Morgan fingerprint density at radius 1 is 1.41 bits per heavy atom. The van der Waals surface area contributed by atoms with Crippen LogP contribution in [0.1, 0.15) is 16.8 Å². The molecule has 0 saturated heterocycles. The number of carbonyl (C=O) groups excluding carboxylic acids is 1. The monoisotopic (exact) mass is 241 g/mol. The predicted octanol–water partition coefficient (Wildman–Crippen LogP) is 1.50. The summed E-state index contributed by atoms with van der Waals surface area (Å²) < 4.78 is 17.5. The molecule has 0 unspecified atom stereocenters. The lowest BCUT2D eigenvalue weighted by Crippen LogP contribution is -2.10. The van der Waals surface area contributed by atoms with Crippen molar-refractivity contribution in [2.24, 2.45) is 0 Å². The third kappa shape index (κ3) is 4.10. The average Bonchev–Trinajstić information content (AvgIpc) is 2.28. The maximum atomic E-state index is 13.0. The molecule has 0 aliphatic rings. The summed E-state index contributed by atoms with van der Waals surface area (Å²) >= 11 is 0. The fourth-order valence-corrected chi connectivity index (χ4v) is 1.23. The highest BCUT2D eigenvalue weighted by Crippen LogP contribution is 2.14. The maximum Gasteiger partial charge on any atom is 0.335 e. The molecule has 1 aromatic rings. The number of anilines is 1. The molecule has 0 aliphatic heterocycles. The number of hydrogen-bond donors (Lipinski definition) is 2. The summed E-state index contributed by atoms with van der Waals surface area (Å²) in [6.07, 6.45) is 0.120. The van der Waals surface area contributed by atoms with Crippen molar-refractivity contribution in [2.75, 3.05) is 19.0 Å². The van der Waals surface area contributed by atoms with Crippen LogP contribution in [0.5, 0.6) is 0 Å². The van der Waals surface area contributed by atoms with Crippen LogP contribution >= 0.6 is 0 Å². The van der Waals surface area contributed by atoms with E-state index in [0.717, 1.165) is 12.1 Å². The lowest BCUT2D eigenvalue weighted by Gasteiger charge is -2.06. The molecular weight excluding hydrogens is 229 g/mol. The molecule has 0 bridgehead atoms. The molecular formula is C11H12FNO4. The Balaban J connectivity index is 2.65. The zero-order valence-corrected chi connectivity index (χ0v) is 9.20. The smallest absolute Gasteiger partial charge is 0.335 e. The Kier molecular flexibility index (Phi) is 4.45. The van der Waals surface area contributed by atoms with Crippen molar-refractivity contribution in [1.29, 1.82) is 0 Å². The van der Waals surface area contributed by atoms with Crippen LogP contribution in [0, 0.1) is 5.82 Å². The highest BCUT2D eigenvalue weighted by Gasteiger charge is 2.07. The van der Waals surface area contributed by atoms with Crippen molar-refractivity contribution in [1.82, 2.24) is 0 Å². The van der Waals surface area contributed by atoms with E-state index in [1.807, 2.05) is 0 Å². The van der Waals surface area contributed by atoms with Gasteiger partial charge in [0.2, 0.25) is 0 Å². The number of nitrogens with one attached hydrogen (secondary N) is 1. The van der Waals surface area contributed by atoms with Crippen molar-refractivity contribution in [3.05, 3.63) is 29.6 Å². The van der Waals surface area contributed by atoms with E-state index in [-0.39, 0.29) is 18.5 Å². The second-order valence-corrected chi connectivity index (χ2v) is 3.29. The molecule has 2 N–H and O–H groups in total. The number of benzene rings is 1. The molecule has 0 atom stereocenters. The summed E-state index contributed by atoms with van der Waals surface area (Å²) in [4.78, 5) is 21.5. The van der Waals surface area contributed by atoms with Crippen molar-refractivity contribution in [2.45, 2.75) is 6.42 Å². The van der Waals surface area contributed by atoms with Gasteiger partial charge in [-0.25, -0.2) is 9.18 Å². The summed E-state index contributed by atoms with van der Waals surface area (Å²) in [6, 6.07) is 3.38. The van der Waals surface area contributed by atoms with E-state index in [4.69, 9.17) is 5.11 Å². The van der Waals surface area contributed by atoms with Crippen LogP contribution in [-0.4, -0.2) is 30.7 Å². The van der Waals surface area contributed by atoms with E-state index in [0.29, 0.717) is 5.69 Å². The number of ether oxygens (including phenoxy) is 1. The molecule has 0 fully saturated rings. The Labute approximate surface area is 97.2 Å². The highest BCUT2D eigenvalue weighted by atomic mass is 19.1. The summed E-state index contributed by atoms with van der Waals surface area (Å²) in [5.41, 5.74) is 0.164. The van der Waals surface area contributed by atoms with E-state index in [1.54, 1.807) is 0 Å². The fraction of sp³-hybridized carbons (Fsp3) is 0.273. The molecule has 6 heteroatoms. The van der Waals surface area contributed by atoms with Crippen LogP contribution in [0.3, 0.4) is 0 Å². The van der Waals surface area contributed by atoms with Gasteiger partial charge in [-0.3, -0.25) is 4.79 Å². The third-order valence-corrected chi connectivity index (χ3v) is 2.03. The van der Waals surface area contributed by atoms with Gasteiger partial charge in [0.05, 0.1) is 19.1 Å². The molecule has 1 rings (SSSR count). The van der Waals surface area contributed by atoms with Gasteiger partial charge in [-0.05, 0) is 18.2 Å². The van der Waals surface area contributed by atoms with Crippen molar-refractivity contribution < 1.29 is 23.8 Å². The number of methoxy groups -OCH3 is 1. The Morgan fingerprint density at radius 3 is 2.71 bits per heavy atom. The van der Waals surface area contributed by atoms with Gasteiger partial charge in [0, 0.05) is 12.2 Å². The van der Waals surface area contributed by atoms with E-state index < -0.39 is 17.8 Å². The van der Waals surface area contributed by atoms with Gasteiger partial charge in [-0.2, -0.15) is 0 Å². The van der Waals surface area contributed by atoms with E-state index in [2.05, 4.69) is 10.1 Å². The van der Waals surface area contributed by atoms with Gasteiger partial charge in [0.15, 0.2) is 0 Å². The first kappa shape index (κ1) is 13.0. The average molecular weight is 241 g/mol. The maximum absolute atomic E-state index is 13.0. The zero-order valence-electron chi connectivity index (χ0n) is 9.20. The summed E-state index contributed by atoms with van der Waals surface area (Å²) in [6.45, 7) is 0.245. The Bertz CT molecular complexity index is 433. The zero-order chi connectivity index (χ0) is 12.8. The minimum atomic E-state index is -1.21. The second kappa shape index (κ2) is 5.83. The number of carboxylic acid groups (broad SMARTS) is 1. The molecule has 1 aromatic carbocycles. The van der Waals surface area contributed by atoms with Crippen molar-refractivity contribution in [3.8, 4) is 0 Å². The van der Waals surface area contributed by atoms with Crippen LogP contribution in [0.15, 0.2) is 18.2 Å². The molecule has 17 heavy (non-hydrogen) atoms. The van der Waals surface area contributed by atoms with E-state index in [9.17, 15) is 14.0 Å². The molecule has 0 heterocycles. The third-order valence-electron chi connectivity index (χ3n) is 2.03. The SMILES string of the molecule is COC(=O)CCNc1cc(F)cc(C(=O)O)c1. The minimum Gasteiger partial charge on any atom is -0.478 e. The van der Waals surface area contributed by atoms with Gasteiger partial charge < -0.3 is 15.2 Å². The van der Waals surface area contributed by atoms with Crippen molar-refractivity contribution in [3.63, 3.8) is 0 Å². The quantitative estimate of drug-likeness (QED) is 0.764. The number of halogens is 1. The number of carbonyl (C=O) groups is 2. The summed E-state index contributed by atoms with van der Waals surface area (Å²) in [7, 11) is 1.27. The molecule has 0 aliphatic carbocycles. The molecule has 92 valence electrons. The number of carboxylic acids is 1. The van der Waals surface area contributed by atoms with Crippen LogP contribution in [-0.2, 0) is 9.53 Å². The summed E-state index contributed by atoms with van der Waals surface area (Å²) in [5, 5.41) is 11.5. The molecule has 0 aromatic heterocycles. The Morgan fingerprint density at radius 2 is 2.12 bits per heavy atom. The van der Waals surface area contributed by atoms with Gasteiger partial charge in [-0.1, -0.05) is 0 Å². The minimum absolute atomic E-state index is 0.120. The second-order valence-electron chi connectivity index (χ2n) is 3.29. The van der Waals surface area contributed by atoms with Crippen LogP contribution in [0.4, 0.5) is 10.1 Å². The number of rotatable bonds is 5. The normalized spacial score (nSPS) is 9.76. The van der Waals surface area contributed by atoms with Crippen LogP contribution < -0.4 is 5.32 Å². The van der Waals surface area contributed by atoms with Crippen LogP contribution in [0.2, 0.25) is 0 Å². The highest BCUT2D eigenvalue weighted by molar-refractivity contribution is 5.88. The predicted molar refractivity (Wildman–Crippen MR) is 58.5 cm³/mol. The lowest BCUT2D eigenvalue weighted by atomic mass is 10.2. The largest absolute Gasteiger partial charge is 0.478 e. The number of esters is 1. The molecule has 0 spiro atoms. The van der Waals surface area contributed by atoms with Gasteiger partial charge in [-0.15, -0.1) is 0 Å². The number of aromatic carboxylic acids is 1. The molecule has 0 saturated carbocycles. The number of hydrogen-bond acceptors (Lipinski definition) is 4. The van der Waals surface area contributed by atoms with Crippen LogP contribution in [0.25, 0.3) is 0 Å². The first-order valence-corrected chi connectivity index (χ1v) is 4.87. The first-order valence-electron chi connectivity index (χ1n) is 4.87. The lowest BCUT2D eigenvalue weighted by molar-refractivity contribution is -0.140. The van der Waals surface area contributed by atoms with Gasteiger partial charge >= 0.3 is 11.9 Å². The first-order chi connectivity index (χ1) is 8.02. The molecule has 0 radical (unpaired) electrons. The topological polar surface area (TPSA) is 75.6 Å². The van der Waals surface area contributed by atoms with Gasteiger partial charge in [0.1, 0.15) is 5.82 Å².